The van der Waals surface area contributed by atoms with Crippen LogP contribution in [0.2, 0.25) is 0 Å². The molecule has 1 aliphatic rings. The zero-order chi connectivity index (χ0) is 23.1. The van der Waals surface area contributed by atoms with Gasteiger partial charge in [0.1, 0.15) is 0 Å². The van der Waals surface area contributed by atoms with Crippen molar-refractivity contribution in [3.8, 4) is 28.4 Å². The molecule has 0 amide bonds. The van der Waals surface area contributed by atoms with E-state index < -0.39 is 0 Å². The summed E-state index contributed by atoms with van der Waals surface area (Å²) in [5.74, 6) is 1.69. The second-order valence-corrected chi connectivity index (χ2v) is 8.17. The highest BCUT2D eigenvalue weighted by molar-refractivity contribution is 5.99. The van der Waals surface area contributed by atoms with Crippen molar-refractivity contribution in [2.75, 3.05) is 21.3 Å². The van der Waals surface area contributed by atoms with Crippen LogP contribution in [0.5, 0.6) is 17.2 Å². The summed E-state index contributed by atoms with van der Waals surface area (Å²) < 4.78 is 18.4. The summed E-state index contributed by atoms with van der Waals surface area (Å²) in [6.45, 7) is 1.98. The van der Waals surface area contributed by atoms with E-state index in [1.165, 1.54) is 0 Å². The summed E-state index contributed by atoms with van der Waals surface area (Å²) in [5.41, 5.74) is 6.15. The molecule has 1 atom stereocenters. The number of benzene rings is 2. The van der Waals surface area contributed by atoms with Crippen molar-refractivity contribution < 1.29 is 19.0 Å². The summed E-state index contributed by atoms with van der Waals surface area (Å²) >= 11 is 0. The van der Waals surface area contributed by atoms with Crippen molar-refractivity contribution in [1.82, 2.24) is 14.6 Å². The quantitative estimate of drug-likeness (QED) is 0.447. The summed E-state index contributed by atoms with van der Waals surface area (Å²) in [4.78, 5) is 17.8. The van der Waals surface area contributed by atoms with E-state index in [1.807, 2.05) is 41.8 Å². The Morgan fingerprint density at radius 2 is 1.67 bits per heavy atom. The van der Waals surface area contributed by atoms with E-state index in [0.717, 1.165) is 33.7 Å². The van der Waals surface area contributed by atoms with Gasteiger partial charge in [0.05, 0.1) is 38.3 Å². The maximum atomic E-state index is 13.1. The van der Waals surface area contributed by atoms with E-state index in [-0.39, 0.29) is 11.7 Å². The molecule has 0 bridgehead atoms. The maximum Gasteiger partial charge on any atom is 0.203 e. The predicted octanol–water partition coefficient (Wildman–Crippen LogP) is 4.64. The van der Waals surface area contributed by atoms with Crippen molar-refractivity contribution in [2.24, 2.45) is 0 Å². The van der Waals surface area contributed by atoms with Gasteiger partial charge in [-0.25, -0.2) is 9.50 Å². The number of fused-ring (bicyclic) bond motifs is 3. The molecule has 0 N–H and O–H groups in total. The lowest BCUT2D eigenvalue weighted by Crippen LogP contribution is -2.22. The lowest BCUT2D eigenvalue weighted by atomic mass is 9.82. The fourth-order valence-corrected chi connectivity index (χ4v) is 4.72. The number of aryl methyl sites for hydroxylation is 1. The number of rotatable bonds is 5. The van der Waals surface area contributed by atoms with Gasteiger partial charge in [-0.05, 0) is 42.5 Å². The van der Waals surface area contributed by atoms with E-state index >= 15 is 0 Å². The average molecular weight is 444 g/mol. The minimum Gasteiger partial charge on any atom is -0.493 e. The number of carbonyl (C=O) groups excluding carboxylic acids is 1. The molecule has 0 aliphatic heterocycles. The van der Waals surface area contributed by atoms with Gasteiger partial charge in [-0.2, -0.15) is 5.10 Å². The van der Waals surface area contributed by atoms with Crippen LogP contribution in [0.1, 0.15) is 39.6 Å². The van der Waals surface area contributed by atoms with Gasteiger partial charge in [0.15, 0.2) is 22.9 Å². The van der Waals surface area contributed by atoms with Crippen LogP contribution in [0.25, 0.3) is 16.8 Å². The summed E-state index contributed by atoms with van der Waals surface area (Å²) in [5, 5.41) is 4.79. The van der Waals surface area contributed by atoms with Gasteiger partial charge in [-0.3, -0.25) is 4.79 Å². The molecule has 1 aliphatic carbocycles. The molecular formula is C26H25N3O4. The van der Waals surface area contributed by atoms with Gasteiger partial charge >= 0.3 is 0 Å². The SMILES string of the molecule is COc1cc([C@H]2CC(=O)c3cnc4c(-c5ccccc5)c(C)nn4c3C2)cc(OC)c1OC. The Morgan fingerprint density at radius 1 is 0.970 bits per heavy atom. The van der Waals surface area contributed by atoms with Gasteiger partial charge < -0.3 is 14.2 Å². The number of hydrogen-bond donors (Lipinski definition) is 0. The second-order valence-electron chi connectivity index (χ2n) is 8.17. The summed E-state index contributed by atoms with van der Waals surface area (Å²) in [6, 6.07) is 13.9. The summed E-state index contributed by atoms with van der Waals surface area (Å²) in [6.07, 6.45) is 2.73. The zero-order valence-electron chi connectivity index (χ0n) is 19.1. The first-order valence-corrected chi connectivity index (χ1v) is 10.8. The van der Waals surface area contributed by atoms with Gasteiger partial charge in [-0.1, -0.05) is 30.3 Å². The van der Waals surface area contributed by atoms with Gasteiger partial charge in [-0.15, -0.1) is 0 Å². The van der Waals surface area contributed by atoms with E-state index in [9.17, 15) is 4.79 Å². The van der Waals surface area contributed by atoms with Gasteiger partial charge in [0.25, 0.3) is 0 Å². The zero-order valence-corrected chi connectivity index (χ0v) is 19.1. The second kappa shape index (κ2) is 8.24. The van der Waals surface area contributed by atoms with Crippen molar-refractivity contribution in [3.05, 3.63) is 71.2 Å². The molecule has 0 unspecified atom stereocenters. The lowest BCUT2D eigenvalue weighted by molar-refractivity contribution is 0.0962. The molecule has 168 valence electrons. The first kappa shape index (κ1) is 21.0. The van der Waals surface area contributed by atoms with E-state index in [4.69, 9.17) is 19.3 Å². The third-order valence-corrected chi connectivity index (χ3v) is 6.31. The minimum absolute atomic E-state index is 0.0472. The number of methoxy groups -OCH3 is 3. The Labute approximate surface area is 191 Å². The molecule has 7 nitrogen and oxygen atoms in total. The van der Waals surface area contributed by atoms with E-state index in [2.05, 4.69) is 17.1 Å². The molecule has 33 heavy (non-hydrogen) atoms. The first-order valence-electron chi connectivity index (χ1n) is 10.8. The highest BCUT2D eigenvalue weighted by atomic mass is 16.5. The molecule has 7 heteroatoms. The number of Topliss-reactive ketones (excluding diaryl/α,β-unsaturated/α-hetero) is 1. The highest BCUT2D eigenvalue weighted by Crippen LogP contribution is 2.43. The van der Waals surface area contributed by atoms with Crippen molar-refractivity contribution in [3.63, 3.8) is 0 Å². The normalized spacial score (nSPS) is 15.4. The number of ether oxygens (including phenoxy) is 3. The Balaban J connectivity index is 1.63. The minimum atomic E-state index is -0.0472. The van der Waals surface area contributed by atoms with Crippen LogP contribution < -0.4 is 14.2 Å². The third kappa shape index (κ3) is 3.40. The van der Waals surface area contributed by atoms with Crippen LogP contribution in [-0.4, -0.2) is 41.7 Å². The fraction of sp³-hybridized carbons (Fsp3) is 0.269. The van der Waals surface area contributed by atoms with Crippen LogP contribution in [0.3, 0.4) is 0 Å². The fourth-order valence-electron chi connectivity index (χ4n) is 4.72. The molecule has 2 aromatic heterocycles. The number of nitrogens with zero attached hydrogens (tertiary/aromatic N) is 3. The number of carbonyl (C=O) groups is 1. The Kier molecular flexibility index (Phi) is 5.24. The standard InChI is InChI=1S/C26H25N3O4/c1-15-24(16-8-6-5-7-9-16)26-27-14-19-20(29(26)28-15)10-17(11-21(19)30)18-12-22(31-2)25(33-4)23(13-18)32-3/h5-9,12-14,17H,10-11H2,1-4H3/t17-/m1/s1. The largest absolute Gasteiger partial charge is 0.493 e. The molecule has 5 rings (SSSR count). The number of ketones is 1. The van der Waals surface area contributed by atoms with Crippen molar-refractivity contribution in [2.45, 2.75) is 25.7 Å². The van der Waals surface area contributed by atoms with Crippen LogP contribution in [-0.2, 0) is 6.42 Å². The topological polar surface area (TPSA) is 75.0 Å². The highest BCUT2D eigenvalue weighted by Gasteiger charge is 2.31. The van der Waals surface area contributed by atoms with Crippen molar-refractivity contribution >= 4 is 11.4 Å². The first-order chi connectivity index (χ1) is 16.0. The van der Waals surface area contributed by atoms with E-state index in [0.29, 0.717) is 35.7 Å². The monoisotopic (exact) mass is 443 g/mol. The Morgan fingerprint density at radius 3 is 2.30 bits per heavy atom. The van der Waals surface area contributed by atoms with Crippen molar-refractivity contribution in [1.29, 1.82) is 0 Å². The smallest absolute Gasteiger partial charge is 0.203 e. The Hall–Kier alpha value is -3.87. The van der Waals surface area contributed by atoms with E-state index in [1.54, 1.807) is 27.5 Å². The molecule has 0 fully saturated rings. The molecule has 0 radical (unpaired) electrons. The number of aromatic nitrogens is 3. The number of hydrogen-bond acceptors (Lipinski definition) is 6. The molecular weight excluding hydrogens is 418 g/mol. The predicted molar refractivity (Wildman–Crippen MR) is 125 cm³/mol. The molecule has 0 spiro atoms. The van der Waals surface area contributed by atoms with Crippen LogP contribution in [0, 0.1) is 6.92 Å². The summed E-state index contributed by atoms with van der Waals surface area (Å²) in [7, 11) is 4.76. The molecule has 0 saturated carbocycles. The van der Waals surface area contributed by atoms with Gasteiger partial charge in [0, 0.05) is 18.2 Å². The molecule has 2 aromatic carbocycles. The van der Waals surface area contributed by atoms with Crippen LogP contribution in [0.4, 0.5) is 0 Å². The van der Waals surface area contributed by atoms with Gasteiger partial charge in [0.2, 0.25) is 5.75 Å². The van der Waals surface area contributed by atoms with Crippen LogP contribution in [0.15, 0.2) is 48.7 Å². The van der Waals surface area contributed by atoms with Crippen LogP contribution >= 0.6 is 0 Å². The lowest BCUT2D eigenvalue weighted by Gasteiger charge is -2.25. The Bertz CT molecular complexity index is 1340. The average Bonchev–Trinajstić information content (AvgIpc) is 3.19. The molecule has 0 saturated heterocycles. The molecule has 4 aromatic rings. The molecule has 2 heterocycles. The maximum absolute atomic E-state index is 13.1. The third-order valence-electron chi connectivity index (χ3n) is 6.31.